The highest BCUT2D eigenvalue weighted by Crippen LogP contribution is 2.22. The molecule has 0 amide bonds. The Balaban J connectivity index is 2.77. The molecule has 1 rings (SSSR count). The lowest BCUT2D eigenvalue weighted by atomic mass is 10.2. The SMILES string of the molecule is CC(C)(C)OC(=NC1CCCC1)OS(C)(=O)=O. The van der Waals surface area contributed by atoms with Crippen LogP contribution in [-0.4, -0.2) is 32.4 Å². The van der Waals surface area contributed by atoms with Crippen LogP contribution in [0.5, 0.6) is 0 Å². The van der Waals surface area contributed by atoms with E-state index in [0.29, 0.717) is 0 Å². The summed E-state index contributed by atoms with van der Waals surface area (Å²) in [6.07, 6.45) is 5.02. The van der Waals surface area contributed by atoms with Gasteiger partial charge in [0.05, 0.1) is 12.3 Å². The van der Waals surface area contributed by atoms with Crippen molar-refractivity contribution >= 4 is 16.2 Å². The fraction of sp³-hybridized carbons (Fsp3) is 0.909. The maximum Gasteiger partial charge on any atom is 0.400 e. The minimum absolute atomic E-state index is 0.120. The Bertz CT molecular complexity index is 375. The molecule has 1 aliphatic rings. The van der Waals surface area contributed by atoms with Crippen LogP contribution in [0.4, 0.5) is 0 Å². The molecule has 0 heterocycles. The molecule has 0 aliphatic heterocycles. The van der Waals surface area contributed by atoms with E-state index in [9.17, 15) is 8.42 Å². The van der Waals surface area contributed by atoms with Gasteiger partial charge in [0, 0.05) is 0 Å². The molecule has 0 bridgehead atoms. The van der Waals surface area contributed by atoms with Crippen molar-refractivity contribution in [2.24, 2.45) is 4.99 Å². The van der Waals surface area contributed by atoms with Gasteiger partial charge in [-0.25, -0.2) is 4.99 Å². The van der Waals surface area contributed by atoms with Crippen LogP contribution in [0, 0.1) is 0 Å². The fourth-order valence-corrected chi connectivity index (χ4v) is 1.97. The first-order chi connectivity index (χ1) is 7.66. The number of rotatable bonds is 2. The topological polar surface area (TPSA) is 65.0 Å². The molecular formula is C11H21NO4S. The van der Waals surface area contributed by atoms with Gasteiger partial charge in [-0.05, 0) is 33.6 Å². The van der Waals surface area contributed by atoms with Gasteiger partial charge in [0.15, 0.2) is 0 Å². The summed E-state index contributed by atoms with van der Waals surface area (Å²) < 4.78 is 32.4. The summed E-state index contributed by atoms with van der Waals surface area (Å²) >= 11 is 0. The monoisotopic (exact) mass is 263 g/mol. The van der Waals surface area contributed by atoms with E-state index in [4.69, 9.17) is 8.92 Å². The summed E-state index contributed by atoms with van der Waals surface area (Å²) in [6, 6.07) is 0.120. The Hall–Kier alpha value is -0.780. The summed E-state index contributed by atoms with van der Waals surface area (Å²) in [5.74, 6) is 0. The van der Waals surface area contributed by atoms with Gasteiger partial charge in [-0.15, -0.1) is 0 Å². The number of hydrogen-bond donors (Lipinski definition) is 0. The van der Waals surface area contributed by atoms with Crippen molar-refractivity contribution in [3.8, 4) is 0 Å². The van der Waals surface area contributed by atoms with Crippen LogP contribution >= 0.6 is 0 Å². The predicted molar refractivity (Wildman–Crippen MR) is 66.5 cm³/mol. The minimum atomic E-state index is -3.59. The molecule has 0 N–H and O–H groups in total. The van der Waals surface area contributed by atoms with Gasteiger partial charge in [-0.2, -0.15) is 8.42 Å². The molecule has 17 heavy (non-hydrogen) atoms. The van der Waals surface area contributed by atoms with Crippen LogP contribution in [0.25, 0.3) is 0 Å². The Morgan fingerprint density at radius 3 is 2.18 bits per heavy atom. The van der Waals surface area contributed by atoms with Gasteiger partial charge in [0.1, 0.15) is 5.60 Å². The van der Waals surface area contributed by atoms with Crippen LogP contribution in [0.15, 0.2) is 4.99 Å². The lowest BCUT2D eigenvalue weighted by Gasteiger charge is -2.21. The first kappa shape index (κ1) is 14.3. The third-order valence-electron chi connectivity index (χ3n) is 2.23. The van der Waals surface area contributed by atoms with E-state index in [0.717, 1.165) is 31.9 Å². The number of aliphatic imine (C=N–C) groups is 1. The number of ether oxygens (including phenoxy) is 1. The van der Waals surface area contributed by atoms with Crippen LogP contribution in [0.2, 0.25) is 0 Å². The Labute approximate surface area is 103 Å². The molecule has 0 unspecified atom stereocenters. The van der Waals surface area contributed by atoms with E-state index in [2.05, 4.69) is 4.99 Å². The molecule has 0 aromatic heterocycles. The molecular weight excluding hydrogens is 242 g/mol. The first-order valence-corrected chi connectivity index (χ1v) is 7.64. The van der Waals surface area contributed by atoms with Gasteiger partial charge in [-0.1, -0.05) is 12.8 Å². The van der Waals surface area contributed by atoms with Crippen molar-refractivity contribution in [2.45, 2.75) is 58.1 Å². The highest BCUT2D eigenvalue weighted by Gasteiger charge is 2.22. The van der Waals surface area contributed by atoms with Crippen LogP contribution in [0.3, 0.4) is 0 Å². The van der Waals surface area contributed by atoms with Crippen molar-refractivity contribution in [1.82, 2.24) is 0 Å². The second-order valence-electron chi connectivity index (χ2n) is 5.34. The number of nitrogens with zero attached hydrogens (tertiary/aromatic N) is 1. The van der Waals surface area contributed by atoms with Crippen molar-refractivity contribution in [1.29, 1.82) is 0 Å². The molecule has 5 nitrogen and oxygen atoms in total. The summed E-state index contributed by atoms with van der Waals surface area (Å²) in [5, 5.41) is 0. The zero-order valence-electron chi connectivity index (χ0n) is 10.9. The van der Waals surface area contributed by atoms with Crippen LogP contribution < -0.4 is 0 Å². The van der Waals surface area contributed by atoms with E-state index in [-0.39, 0.29) is 12.1 Å². The lowest BCUT2D eigenvalue weighted by molar-refractivity contribution is 0.0845. The summed E-state index contributed by atoms with van der Waals surface area (Å²) in [6.45, 7) is 5.47. The second-order valence-corrected chi connectivity index (χ2v) is 6.91. The van der Waals surface area contributed by atoms with Crippen molar-refractivity contribution in [3.63, 3.8) is 0 Å². The van der Waals surface area contributed by atoms with Gasteiger partial charge < -0.3 is 8.92 Å². The highest BCUT2D eigenvalue weighted by molar-refractivity contribution is 7.86. The quantitative estimate of drug-likeness (QED) is 0.434. The average molecular weight is 263 g/mol. The van der Waals surface area contributed by atoms with Gasteiger partial charge in [0.2, 0.25) is 0 Å². The molecule has 0 saturated heterocycles. The molecule has 1 saturated carbocycles. The van der Waals surface area contributed by atoms with Gasteiger partial charge >= 0.3 is 16.2 Å². The molecule has 0 atom stereocenters. The lowest BCUT2D eigenvalue weighted by Crippen LogP contribution is -2.28. The molecule has 0 aromatic carbocycles. The maximum absolute atomic E-state index is 11.1. The average Bonchev–Trinajstić information content (AvgIpc) is 2.49. The van der Waals surface area contributed by atoms with Crippen molar-refractivity contribution in [3.05, 3.63) is 0 Å². The smallest absolute Gasteiger partial charge is 0.400 e. The Kier molecular flexibility index (Phi) is 4.41. The van der Waals surface area contributed by atoms with Crippen molar-refractivity contribution < 1.29 is 17.3 Å². The second kappa shape index (κ2) is 5.25. The standard InChI is InChI=1S/C11H21NO4S/c1-11(2,3)15-10(16-17(4,13)14)12-9-7-5-6-8-9/h9H,5-8H2,1-4H3. The van der Waals surface area contributed by atoms with Crippen LogP contribution in [0.1, 0.15) is 46.5 Å². The van der Waals surface area contributed by atoms with E-state index in [1.165, 1.54) is 0 Å². The molecule has 0 aromatic rings. The van der Waals surface area contributed by atoms with Gasteiger partial charge in [0.25, 0.3) is 0 Å². The summed E-state index contributed by atoms with van der Waals surface area (Å²) in [5.41, 5.74) is -0.526. The Morgan fingerprint density at radius 1 is 1.24 bits per heavy atom. The molecule has 0 radical (unpaired) electrons. The molecule has 100 valence electrons. The molecule has 6 heteroatoms. The fourth-order valence-electron chi connectivity index (χ4n) is 1.64. The normalized spacial score (nSPS) is 19.4. The third-order valence-corrected chi connectivity index (χ3v) is 2.67. The third kappa shape index (κ3) is 6.51. The van der Waals surface area contributed by atoms with E-state index >= 15 is 0 Å². The van der Waals surface area contributed by atoms with E-state index < -0.39 is 15.7 Å². The first-order valence-electron chi connectivity index (χ1n) is 5.82. The highest BCUT2D eigenvalue weighted by atomic mass is 32.2. The zero-order valence-corrected chi connectivity index (χ0v) is 11.7. The summed E-state index contributed by atoms with van der Waals surface area (Å²) in [4.78, 5) is 4.24. The summed E-state index contributed by atoms with van der Waals surface area (Å²) in [7, 11) is -3.59. The number of hydrogen-bond acceptors (Lipinski definition) is 5. The van der Waals surface area contributed by atoms with Gasteiger partial charge in [-0.3, -0.25) is 0 Å². The maximum atomic E-state index is 11.1. The molecule has 1 fully saturated rings. The predicted octanol–water partition coefficient (Wildman–Crippen LogP) is 2.08. The van der Waals surface area contributed by atoms with Crippen molar-refractivity contribution in [2.75, 3.05) is 6.26 Å². The molecule has 0 spiro atoms. The minimum Gasteiger partial charge on any atom is -0.444 e. The van der Waals surface area contributed by atoms with Crippen LogP contribution in [-0.2, 0) is 19.0 Å². The Morgan fingerprint density at radius 2 is 1.76 bits per heavy atom. The zero-order chi connectivity index (χ0) is 13.1. The largest absolute Gasteiger partial charge is 0.444 e. The van der Waals surface area contributed by atoms with E-state index in [1.807, 2.05) is 20.8 Å². The molecule has 1 aliphatic carbocycles. The van der Waals surface area contributed by atoms with E-state index in [1.54, 1.807) is 0 Å².